The van der Waals surface area contributed by atoms with Crippen molar-refractivity contribution in [2.45, 2.75) is 11.8 Å². The van der Waals surface area contributed by atoms with Crippen LogP contribution >= 0.6 is 11.6 Å². The third-order valence-corrected chi connectivity index (χ3v) is 7.85. The number of anilines is 4. The lowest BCUT2D eigenvalue weighted by Crippen LogP contribution is -2.40. The third kappa shape index (κ3) is 6.20. The lowest BCUT2D eigenvalue weighted by Gasteiger charge is -2.26. The lowest BCUT2D eigenvalue weighted by molar-refractivity contribution is 0.0730. The number of pyridine rings is 1. The molecule has 3 heterocycles. The van der Waals surface area contributed by atoms with E-state index in [0.717, 1.165) is 5.56 Å². The van der Waals surface area contributed by atoms with Gasteiger partial charge in [-0.05, 0) is 55.5 Å². The highest BCUT2D eigenvalue weighted by molar-refractivity contribution is 7.89. The number of nitrogens with one attached hydrogen (secondary N) is 2. The minimum Gasteiger partial charge on any atom is -0.439 e. The van der Waals surface area contributed by atoms with Crippen molar-refractivity contribution in [3.8, 4) is 11.6 Å². The normalized spacial score (nSPS) is 14.2. The first-order valence-corrected chi connectivity index (χ1v) is 13.6. The quantitative estimate of drug-likeness (QED) is 0.306. The molecule has 10 nitrogen and oxygen atoms in total. The van der Waals surface area contributed by atoms with E-state index in [0.29, 0.717) is 66.1 Å². The van der Waals surface area contributed by atoms with Crippen LogP contribution in [0.5, 0.6) is 11.6 Å². The zero-order chi connectivity index (χ0) is 26.5. The minimum atomic E-state index is -3.62. The average Bonchev–Trinajstić information content (AvgIpc) is 2.93. The van der Waals surface area contributed by atoms with E-state index in [-0.39, 0.29) is 4.90 Å². The second-order valence-electron chi connectivity index (χ2n) is 8.46. The van der Waals surface area contributed by atoms with Gasteiger partial charge in [-0.3, -0.25) is 0 Å². The summed E-state index contributed by atoms with van der Waals surface area (Å²) < 4.78 is 38.5. The fourth-order valence-corrected chi connectivity index (χ4v) is 5.28. The van der Waals surface area contributed by atoms with E-state index in [1.165, 1.54) is 4.31 Å². The highest BCUT2D eigenvalue weighted by Crippen LogP contribution is 2.26. The maximum absolute atomic E-state index is 13.0. The standard InChI is InChI=1S/C26H25ClN6O4S/c1-18-16-29-26(31-21-7-10-24(28-17-21)37-22-8-5-19(27)6-9-22)32-25(18)30-20-3-2-4-23(15-20)38(34,35)33-11-13-36-14-12-33/h2-10,15-17H,11-14H2,1H3,(H2,29,30,31,32). The van der Waals surface area contributed by atoms with Gasteiger partial charge in [-0.15, -0.1) is 0 Å². The number of ether oxygens (including phenoxy) is 2. The van der Waals surface area contributed by atoms with Crippen molar-refractivity contribution >= 4 is 44.8 Å². The molecule has 1 fully saturated rings. The Balaban J connectivity index is 1.28. The molecular weight excluding hydrogens is 528 g/mol. The van der Waals surface area contributed by atoms with E-state index in [1.807, 2.05) is 6.92 Å². The van der Waals surface area contributed by atoms with Crippen molar-refractivity contribution in [3.05, 3.63) is 83.6 Å². The van der Waals surface area contributed by atoms with Gasteiger partial charge in [0, 0.05) is 41.6 Å². The minimum absolute atomic E-state index is 0.210. The average molecular weight is 553 g/mol. The second-order valence-corrected chi connectivity index (χ2v) is 10.8. The molecule has 196 valence electrons. The van der Waals surface area contributed by atoms with Gasteiger partial charge in [0.25, 0.3) is 0 Å². The summed E-state index contributed by atoms with van der Waals surface area (Å²) in [5, 5.41) is 6.96. The molecule has 2 aromatic carbocycles. The summed E-state index contributed by atoms with van der Waals surface area (Å²) in [5.41, 5.74) is 2.06. The molecule has 2 aromatic heterocycles. The summed E-state index contributed by atoms with van der Waals surface area (Å²) >= 11 is 5.91. The molecule has 12 heteroatoms. The van der Waals surface area contributed by atoms with Gasteiger partial charge in [0.2, 0.25) is 21.9 Å². The van der Waals surface area contributed by atoms with Crippen LogP contribution in [-0.4, -0.2) is 54.0 Å². The Morgan fingerprint density at radius 3 is 2.47 bits per heavy atom. The van der Waals surface area contributed by atoms with Crippen LogP contribution in [0, 0.1) is 6.92 Å². The molecule has 2 N–H and O–H groups in total. The van der Waals surface area contributed by atoms with Gasteiger partial charge in [-0.2, -0.15) is 9.29 Å². The van der Waals surface area contributed by atoms with E-state index in [9.17, 15) is 8.42 Å². The van der Waals surface area contributed by atoms with Crippen LogP contribution in [0.15, 0.2) is 78.0 Å². The summed E-state index contributed by atoms with van der Waals surface area (Å²) in [6, 6.07) is 17.2. The molecule has 5 rings (SSSR count). The Bertz CT molecular complexity index is 1510. The van der Waals surface area contributed by atoms with Gasteiger partial charge >= 0.3 is 0 Å². The number of sulfonamides is 1. The number of aryl methyl sites for hydroxylation is 1. The number of halogens is 1. The second kappa shape index (κ2) is 11.3. The monoisotopic (exact) mass is 552 g/mol. The zero-order valence-electron chi connectivity index (χ0n) is 20.5. The number of benzene rings is 2. The molecule has 4 aromatic rings. The zero-order valence-corrected chi connectivity index (χ0v) is 22.0. The van der Waals surface area contributed by atoms with Crippen molar-refractivity contribution in [1.82, 2.24) is 19.3 Å². The molecular formula is C26H25ClN6O4S. The largest absolute Gasteiger partial charge is 0.439 e. The Morgan fingerprint density at radius 2 is 1.74 bits per heavy atom. The van der Waals surface area contributed by atoms with Gasteiger partial charge in [0.05, 0.1) is 30.0 Å². The first kappa shape index (κ1) is 25.9. The predicted molar refractivity (Wildman–Crippen MR) is 145 cm³/mol. The fourth-order valence-electron chi connectivity index (χ4n) is 3.70. The first-order chi connectivity index (χ1) is 18.4. The summed E-state index contributed by atoms with van der Waals surface area (Å²) in [6.07, 6.45) is 3.29. The van der Waals surface area contributed by atoms with Gasteiger partial charge in [0.1, 0.15) is 11.6 Å². The Kier molecular flexibility index (Phi) is 7.70. The van der Waals surface area contributed by atoms with E-state index >= 15 is 0 Å². The number of morpholine rings is 1. The summed E-state index contributed by atoms with van der Waals surface area (Å²) in [4.78, 5) is 13.4. The van der Waals surface area contributed by atoms with Gasteiger partial charge in [-0.25, -0.2) is 18.4 Å². The number of rotatable bonds is 8. The SMILES string of the molecule is Cc1cnc(Nc2ccc(Oc3ccc(Cl)cc3)nc2)nc1Nc1cccc(S(=O)(=O)N2CCOCC2)c1. The molecule has 0 radical (unpaired) electrons. The molecule has 0 spiro atoms. The van der Waals surface area contributed by atoms with Crippen LogP contribution in [0.3, 0.4) is 0 Å². The van der Waals surface area contributed by atoms with Gasteiger partial charge in [0.15, 0.2) is 0 Å². The Morgan fingerprint density at radius 1 is 0.947 bits per heavy atom. The third-order valence-electron chi connectivity index (χ3n) is 5.70. The summed E-state index contributed by atoms with van der Waals surface area (Å²) in [7, 11) is -3.62. The molecule has 1 aliphatic rings. The van der Waals surface area contributed by atoms with Crippen LogP contribution in [0.25, 0.3) is 0 Å². The maximum atomic E-state index is 13.0. The Labute approximate surface area is 225 Å². The van der Waals surface area contributed by atoms with Crippen molar-refractivity contribution in [1.29, 1.82) is 0 Å². The first-order valence-electron chi connectivity index (χ1n) is 11.8. The maximum Gasteiger partial charge on any atom is 0.243 e. The number of hydrogen-bond donors (Lipinski definition) is 2. The molecule has 0 bridgehead atoms. The predicted octanol–water partition coefficient (Wildman–Crippen LogP) is 5.13. The number of hydrogen-bond acceptors (Lipinski definition) is 9. The molecule has 1 saturated heterocycles. The molecule has 0 unspecified atom stereocenters. The molecule has 0 atom stereocenters. The van der Waals surface area contributed by atoms with Crippen molar-refractivity contribution < 1.29 is 17.9 Å². The van der Waals surface area contributed by atoms with Crippen LogP contribution in [-0.2, 0) is 14.8 Å². The highest BCUT2D eigenvalue weighted by Gasteiger charge is 2.26. The van der Waals surface area contributed by atoms with Crippen molar-refractivity contribution in [2.75, 3.05) is 36.9 Å². The summed E-state index contributed by atoms with van der Waals surface area (Å²) in [6.45, 7) is 3.32. The van der Waals surface area contributed by atoms with Crippen molar-refractivity contribution in [3.63, 3.8) is 0 Å². The summed E-state index contributed by atoms with van der Waals surface area (Å²) in [5.74, 6) is 1.95. The Hall–Kier alpha value is -3.77. The molecule has 0 saturated carbocycles. The molecule has 0 aliphatic carbocycles. The molecule has 1 aliphatic heterocycles. The van der Waals surface area contributed by atoms with E-state index < -0.39 is 10.0 Å². The van der Waals surface area contributed by atoms with E-state index in [2.05, 4.69) is 25.6 Å². The smallest absolute Gasteiger partial charge is 0.243 e. The van der Waals surface area contributed by atoms with Crippen LogP contribution in [0.1, 0.15) is 5.56 Å². The lowest BCUT2D eigenvalue weighted by atomic mass is 10.3. The van der Waals surface area contributed by atoms with Crippen LogP contribution in [0.2, 0.25) is 5.02 Å². The topological polar surface area (TPSA) is 119 Å². The van der Waals surface area contributed by atoms with Crippen LogP contribution in [0.4, 0.5) is 23.1 Å². The highest BCUT2D eigenvalue weighted by atomic mass is 35.5. The number of nitrogens with zero attached hydrogens (tertiary/aromatic N) is 4. The molecule has 0 amide bonds. The van der Waals surface area contributed by atoms with E-state index in [1.54, 1.807) is 73.1 Å². The van der Waals surface area contributed by atoms with E-state index in [4.69, 9.17) is 21.1 Å². The van der Waals surface area contributed by atoms with Gasteiger partial charge < -0.3 is 20.1 Å². The fraction of sp³-hybridized carbons (Fsp3) is 0.192. The van der Waals surface area contributed by atoms with Crippen molar-refractivity contribution in [2.24, 2.45) is 0 Å². The van der Waals surface area contributed by atoms with Crippen LogP contribution < -0.4 is 15.4 Å². The van der Waals surface area contributed by atoms with Gasteiger partial charge in [-0.1, -0.05) is 17.7 Å². The number of aromatic nitrogens is 3. The molecule has 38 heavy (non-hydrogen) atoms.